The maximum absolute atomic E-state index is 13.3. The number of nitro groups is 1. The monoisotopic (exact) mass is 454 g/mol. The van der Waals surface area contributed by atoms with E-state index in [1.807, 2.05) is 60.8 Å². The number of carbonyl (C=O) groups is 1. The molecule has 1 aromatic heterocycles. The molecule has 0 saturated heterocycles. The molecule has 1 heterocycles. The lowest BCUT2D eigenvalue weighted by Gasteiger charge is -2.24. The first-order valence-electron chi connectivity index (χ1n) is 11.0. The molecule has 0 fully saturated rings. The average molecular weight is 455 g/mol. The molecule has 0 saturated carbocycles. The summed E-state index contributed by atoms with van der Waals surface area (Å²) in [5.41, 5.74) is 4.96. The molecular weight excluding hydrogens is 428 g/mol. The fourth-order valence-electron chi connectivity index (χ4n) is 3.79. The van der Waals surface area contributed by atoms with Crippen LogP contribution in [-0.4, -0.2) is 20.4 Å². The van der Waals surface area contributed by atoms with Crippen LogP contribution < -0.4 is 5.32 Å². The number of nitrogens with one attached hydrogen (secondary N) is 1. The highest BCUT2D eigenvalue weighted by molar-refractivity contribution is 5.89. The van der Waals surface area contributed by atoms with Gasteiger partial charge in [0.15, 0.2) is 0 Å². The Morgan fingerprint density at radius 1 is 0.912 bits per heavy atom. The number of aromatic nitrogens is 1. The van der Waals surface area contributed by atoms with Gasteiger partial charge in [0.05, 0.1) is 11.5 Å². The van der Waals surface area contributed by atoms with Crippen molar-refractivity contribution in [2.45, 2.75) is 26.6 Å². The molecule has 0 unspecified atom stereocenters. The lowest BCUT2D eigenvalue weighted by molar-refractivity contribution is -0.384. The molecule has 172 valence electrons. The molecule has 0 aliphatic rings. The van der Waals surface area contributed by atoms with E-state index in [-0.39, 0.29) is 11.7 Å². The van der Waals surface area contributed by atoms with Crippen molar-refractivity contribution in [1.82, 2.24) is 9.47 Å². The van der Waals surface area contributed by atoms with Crippen LogP contribution in [0.25, 0.3) is 0 Å². The summed E-state index contributed by atoms with van der Waals surface area (Å²) in [4.78, 5) is 25.4. The van der Waals surface area contributed by atoms with E-state index in [0.29, 0.717) is 18.8 Å². The van der Waals surface area contributed by atoms with Gasteiger partial charge >= 0.3 is 6.03 Å². The molecule has 0 spiro atoms. The van der Waals surface area contributed by atoms with Gasteiger partial charge in [0, 0.05) is 42.8 Å². The lowest BCUT2D eigenvalue weighted by Crippen LogP contribution is -2.34. The van der Waals surface area contributed by atoms with Crippen molar-refractivity contribution < 1.29 is 9.72 Å². The number of hydrogen-bond acceptors (Lipinski definition) is 3. The highest BCUT2D eigenvalue weighted by Gasteiger charge is 2.17. The Kier molecular flexibility index (Phi) is 7.03. The van der Waals surface area contributed by atoms with E-state index in [0.717, 1.165) is 17.8 Å². The van der Waals surface area contributed by atoms with Crippen molar-refractivity contribution in [1.29, 1.82) is 0 Å². The quantitative estimate of drug-likeness (QED) is 0.262. The van der Waals surface area contributed by atoms with Gasteiger partial charge in [-0.3, -0.25) is 10.1 Å². The van der Waals surface area contributed by atoms with Gasteiger partial charge in [-0.1, -0.05) is 54.6 Å². The zero-order valence-corrected chi connectivity index (χ0v) is 18.9. The van der Waals surface area contributed by atoms with E-state index in [1.54, 1.807) is 4.90 Å². The molecule has 0 aliphatic carbocycles. The Morgan fingerprint density at radius 2 is 1.62 bits per heavy atom. The molecule has 0 aliphatic heterocycles. The van der Waals surface area contributed by atoms with Crippen LogP contribution in [-0.2, 0) is 19.6 Å². The third-order valence-electron chi connectivity index (χ3n) is 5.71. The van der Waals surface area contributed by atoms with Crippen LogP contribution in [0, 0.1) is 17.0 Å². The molecule has 4 rings (SSSR count). The van der Waals surface area contributed by atoms with Crippen LogP contribution in [0.2, 0.25) is 0 Å². The van der Waals surface area contributed by atoms with E-state index in [9.17, 15) is 14.9 Å². The number of benzene rings is 3. The van der Waals surface area contributed by atoms with Crippen molar-refractivity contribution in [3.8, 4) is 0 Å². The minimum atomic E-state index is -0.462. The van der Waals surface area contributed by atoms with Crippen LogP contribution in [0.1, 0.15) is 22.4 Å². The van der Waals surface area contributed by atoms with Crippen molar-refractivity contribution in [3.05, 3.63) is 130 Å². The Labute approximate surface area is 198 Å². The Hall–Kier alpha value is -4.39. The second-order valence-electron chi connectivity index (χ2n) is 8.13. The first-order chi connectivity index (χ1) is 16.5. The highest BCUT2D eigenvalue weighted by atomic mass is 16.6. The predicted octanol–water partition coefficient (Wildman–Crippen LogP) is 5.99. The van der Waals surface area contributed by atoms with Crippen molar-refractivity contribution >= 4 is 17.4 Å². The molecule has 0 bridgehead atoms. The van der Waals surface area contributed by atoms with Crippen molar-refractivity contribution in [2.24, 2.45) is 0 Å². The summed E-state index contributed by atoms with van der Waals surface area (Å²) in [6.45, 7) is 3.65. The van der Waals surface area contributed by atoms with Crippen LogP contribution in [0.5, 0.6) is 0 Å². The number of carbonyl (C=O) groups excluding carboxylic acids is 1. The third kappa shape index (κ3) is 5.69. The van der Waals surface area contributed by atoms with Crippen LogP contribution in [0.3, 0.4) is 0 Å². The van der Waals surface area contributed by atoms with E-state index in [1.165, 1.54) is 35.4 Å². The summed E-state index contributed by atoms with van der Waals surface area (Å²) < 4.78 is 2.15. The number of hydrogen-bond donors (Lipinski definition) is 1. The molecule has 4 aromatic rings. The van der Waals surface area contributed by atoms with Crippen LogP contribution >= 0.6 is 0 Å². The van der Waals surface area contributed by atoms with E-state index in [4.69, 9.17) is 0 Å². The number of urea groups is 1. The Morgan fingerprint density at radius 3 is 2.32 bits per heavy atom. The number of aryl methyl sites for hydroxylation is 1. The lowest BCUT2D eigenvalue weighted by atomic mass is 10.1. The highest BCUT2D eigenvalue weighted by Crippen LogP contribution is 2.19. The molecule has 0 atom stereocenters. The van der Waals surface area contributed by atoms with Crippen LogP contribution in [0.4, 0.5) is 16.2 Å². The summed E-state index contributed by atoms with van der Waals surface area (Å²) >= 11 is 0. The smallest absolute Gasteiger partial charge is 0.322 e. The summed E-state index contributed by atoms with van der Waals surface area (Å²) in [5.74, 6) is 0. The second kappa shape index (κ2) is 10.5. The second-order valence-corrected chi connectivity index (χ2v) is 8.13. The molecule has 3 aromatic carbocycles. The number of nitrogens with zero attached hydrogens (tertiary/aromatic N) is 3. The Bertz CT molecular complexity index is 1270. The summed E-state index contributed by atoms with van der Waals surface area (Å²) in [6.07, 6.45) is 2.02. The van der Waals surface area contributed by atoms with E-state index >= 15 is 0 Å². The van der Waals surface area contributed by atoms with Gasteiger partial charge in [0.1, 0.15) is 0 Å². The zero-order chi connectivity index (χ0) is 23.9. The minimum Gasteiger partial charge on any atom is -0.345 e. The number of amides is 2. The van der Waals surface area contributed by atoms with E-state index in [2.05, 4.69) is 28.9 Å². The largest absolute Gasteiger partial charge is 0.345 e. The first-order valence-corrected chi connectivity index (χ1v) is 11.0. The fraction of sp³-hybridized carbons (Fsp3) is 0.148. The SMILES string of the molecule is Cc1ccccc1Cn1cccc1CN(Cc1ccccc1)C(=O)Nc1ccc([N+](=O)[O-])cc1. The molecule has 34 heavy (non-hydrogen) atoms. The normalized spacial score (nSPS) is 10.6. The number of rotatable bonds is 8. The average Bonchev–Trinajstić information content (AvgIpc) is 3.27. The van der Waals surface area contributed by atoms with E-state index < -0.39 is 4.92 Å². The van der Waals surface area contributed by atoms with Gasteiger partial charge in [-0.15, -0.1) is 0 Å². The summed E-state index contributed by atoms with van der Waals surface area (Å²) in [5, 5.41) is 13.8. The maximum atomic E-state index is 13.3. The first kappa shape index (κ1) is 22.8. The Balaban J connectivity index is 1.55. The molecule has 7 nitrogen and oxygen atoms in total. The van der Waals surface area contributed by atoms with Crippen molar-refractivity contribution in [3.63, 3.8) is 0 Å². The molecule has 7 heteroatoms. The van der Waals surface area contributed by atoms with Crippen molar-refractivity contribution in [2.75, 3.05) is 5.32 Å². The van der Waals surface area contributed by atoms with Gasteiger partial charge in [0.25, 0.3) is 5.69 Å². The topological polar surface area (TPSA) is 80.4 Å². The molecule has 1 N–H and O–H groups in total. The summed E-state index contributed by atoms with van der Waals surface area (Å²) in [7, 11) is 0. The standard InChI is InChI=1S/C27H26N4O3/c1-21-8-5-6-11-23(21)19-29-17-7-12-26(29)20-30(18-22-9-3-2-4-10-22)27(32)28-24-13-15-25(16-14-24)31(33)34/h2-17H,18-20H2,1H3,(H,28,32). The number of anilines is 1. The van der Waals surface area contributed by atoms with Gasteiger partial charge < -0.3 is 14.8 Å². The van der Waals surface area contributed by atoms with Gasteiger partial charge in [-0.2, -0.15) is 0 Å². The van der Waals surface area contributed by atoms with Gasteiger partial charge in [-0.25, -0.2) is 4.79 Å². The minimum absolute atomic E-state index is 0.0202. The zero-order valence-electron chi connectivity index (χ0n) is 18.9. The number of non-ortho nitro benzene ring substituents is 1. The fourth-order valence-corrected chi connectivity index (χ4v) is 3.79. The van der Waals surface area contributed by atoms with Gasteiger partial charge in [-0.05, 0) is 47.9 Å². The molecule has 0 radical (unpaired) electrons. The maximum Gasteiger partial charge on any atom is 0.322 e. The predicted molar refractivity (Wildman–Crippen MR) is 133 cm³/mol. The number of nitro benzene ring substituents is 1. The van der Waals surface area contributed by atoms with Gasteiger partial charge in [0.2, 0.25) is 0 Å². The third-order valence-corrected chi connectivity index (χ3v) is 5.71. The molecular formula is C27H26N4O3. The molecule has 2 amide bonds. The van der Waals surface area contributed by atoms with Crippen LogP contribution in [0.15, 0.2) is 97.2 Å². The summed E-state index contributed by atoms with van der Waals surface area (Å²) in [6, 6.07) is 27.6.